The minimum absolute atomic E-state index is 0.200. The molecular weight excluding hydrogens is 262 g/mol. The van der Waals surface area contributed by atoms with Crippen molar-refractivity contribution in [3.63, 3.8) is 0 Å². The zero-order chi connectivity index (χ0) is 14.6. The van der Waals surface area contributed by atoms with Gasteiger partial charge in [0.15, 0.2) is 9.84 Å². The third kappa shape index (κ3) is 3.92. The standard InChI is InChI=1S/C14H19NO3S/c1-5-8-19(17,18)12(4)14(16)15-13-9-10(2)6-7-11(13)3/h5-7,9,12H,1,8H2,2-4H3,(H,15,16). The summed E-state index contributed by atoms with van der Waals surface area (Å²) in [5.74, 6) is -0.718. The summed E-state index contributed by atoms with van der Waals surface area (Å²) >= 11 is 0. The summed E-state index contributed by atoms with van der Waals surface area (Å²) in [7, 11) is -3.48. The monoisotopic (exact) mass is 281 g/mol. The quantitative estimate of drug-likeness (QED) is 0.842. The Morgan fingerprint density at radius 3 is 2.63 bits per heavy atom. The van der Waals surface area contributed by atoms with Gasteiger partial charge < -0.3 is 5.32 Å². The number of aryl methyl sites for hydroxylation is 2. The summed E-state index contributed by atoms with van der Waals surface area (Å²) in [5, 5.41) is 1.57. The summed E-state index contributed by atoms with van der Waals surface area (Å²) in [6.07, 6.45) is 1.29. The Bertz CT molecular complexity index is 591. The Morgan fingerprint density at radius 2 is 2.05 bits per heavy atom. The first kappa shape index (κ1) is 15.4. The van der Waals surface area contributed by atoms with E-state index in [-0.39, 0.29) is 5.75 Å². The van der Waals surface area contributed by atoms with Crippen LogP contribution in [0.25, 0.3) is 0 Å². The SMILES string of the molecule is C=CCS(=O)(=O)C(C)C(=O)Nc1cc(C)ccc1C. The first-order valence-corrected chi connectivity index (χ1v) is 7.70. The lowest BCUT2D eigenvalue weighted by Crippen LogP contribution is -2.33. The van der Waals surface area contributed by atoms with Gasteiger partial charge in [-0.05, 0) is 38.0 Å². The van der Waals surface area contributed by atoms with Gasteiger partial charge in [0.05, 0.1) is 5.75 Å². The van der Waals surface area contributed by atoms with Crippen molar-refractivity contribution in [2.24, 2.45) is 0 Å². The van der Waals surface area contributed by atoms with Crippen molar-refractivity contribution in [3.8, 4) is 0 Å². The highest BCUT2D eigenvalue weighted by atomic mass is 32.2. The van der Waals surface area contributed by atoms with Gasteiger partial charge in [-0.1, -0.05) is 18.2 Å². The molecule has 0 aromatic heterocycles. The van der Waals surface area contributed by atoms with Crippen LogP contribution in [0.15, 0.2) is 30.9 Å². The summed E-state index contributed by atoms with van der Waals surface area (Å²) < 4.78 is 23.6. The first-order valence-electron chi connectivity index (χ1n) is 5.98. The van der Waals surface area contributed by atoms with Crippen LogP contribution in [0.2, 0.25) is 0 Å². The smallest absolute Gasteiger partial charge is 0.242 e. The molecule has 1 rings (SSSR count). The van der Waals surface area contributed by atoms with E-state index in [2.05, 4.69) is 11.9 Å². The molecule has 0 bridgehead atoms. The van der Waals surface area contributed by atoms with Crippen LogP contribution in [0.4, 0.5) is 5.69 Å². The Kier molecular flexibility index (Phi) is 4.89. The van der Waals surface area contributed by atoms with E-state index in [4.69, 9.17) is 0 Å². The largest absolute Gasteiger partial charge is 0.325 e. The fourth-order valence-electron chi connectivity index (χ4n) is 1.58. The number of carbonyl (C=O) groups is 1. The maximum absolute atomic E-state index is 12.0. The van der Waals surface area contributed by atoms with Crippen LogP contribution in [0.3, 0.4) is 0 Å². The molecule has 1 unspecified atom stereocenters. The topological polar surface area (TPSA) is 63.2 Å². The number of anilines is 1. The van der Waals surface area contributed by atoms with E-state index in [9.17, 15) is 13.2 Å². The number of sulfone groups is 1. The van der Waals surface area contributed by atoms with Gasteiger partial charge in [-0.25, -0.2) is 8.42 Å². The summed E-state index contributed by atoms with van der Waals surface area (Å²) in [6.45, 7) is 8.54. The second-order valence-electron chi connectivity index (χ2n) is 4.57. The van der Waals surface area contributed by atoms with Gasteiger partial charge >= 0.3 is 0 Å². The lowest BCUT2D eigenvalue weighted by Gasteiger charge is -2.14. The molecule has 0 spiro atoms. The molecule has 0 saturated heterocycles. The fraction of sp³-hybridized carbons (Fsp3) is 0.357. The number of hydrogen-bond acceptors (Lipinski definition) is 3. The number of nitrogens with one attached hydrogen (secondary N) is 1. The molecule has 5 heteroatoms. The summed E-state index contributed by atoms with van der Waals surface area (Å²) in [4.78, 5) is 12.0. The van der Waals surface area contributed by atoms with Crippen molar-refractivity contribution in [2.75, 3.05) is 11.1 Å². The molecule has 0 aliphatic heterocycles. The predicted octanol–water partition coefficient (Wildman–Crippen LogP) is 2.23. The molecule has 0 aliphatic rings. The van der Waals surface area contributed by atoms with Crippen LogP contribution in [0.1, 0.15) is 18.1 Å². The van der Waals surface area contributed by atoms with Crippen molar-refractivity contribution >= 4 is 21.4 Å². The van der Waals surface area contributed by atoms with Crippen molar-refractivity contribution in [1.82, 2.24) is 0 Å². The molecular formula is C14H19NO3S. The first-order chi connectivity index (χ1) is 8.77. The highest BCUT2D eigenvalue weighted by molar-refractivity contribution is 7.92. The molecule has 1 N–H and O–H groups in total. The Labute approximate surface area is 114 Å². The number of benzene rings is 1. The lowest BCUT2D eigenvalue weighted by molar-refractivity contribution is -0.115. The minimum Gasteiger partial charge on any atom is -0.325 e. The van der Waals surface area contributed by atoms with Gasteiger partial charge in [0, 0.05) is 5.69 Å². The molecule has 0 radical (unpaired) electrons. The molecule has 1 amide bonds. The highest BCUT2D eigenvalue weighted by Gasteiger charge is 2.26. The van der Waals surface area contributed by atoms with E-state index < -0.39 is 21.0 Å². The van der Waals surface area contributed by atoms with Crippen molar-refractivity contribution in [3.05, 3.63) is 42.0 Å². The second kappa shape index (κ2) is 6.02. The Balaban J connectivity index is 2.91. The number of rotatable bonds is 5. The van der Waals surface area contributed by atoms with Crippen molar-refractivity contribution in [1.29, 1.82) is 0 Å². The van der Waals surface area contributed by atoms with E-state index >= 15 is 0 Å². The predicted molar refractivity (Wildman–Crippen MR) is 78.0 cm³/mol. The molecule has 1 aromatic carbocycles. The molecule has 0 aliphatic carbocycles. The molecule has 4 nitrogen and oxygen atoms in total. The van der Waals surface area contributed by atoms with Crippen molar-refractivity contribution < 1.29 is 13.2 Å². The van der Waals surface area contributed by atoms with Gasteiger partial charge in [0.2, 0.25) is 5.91 Å². The molecule has 1 atom stereocenters. The molecule has 104 valence electrons. The van der Waals surface area contributed by atoms with Crippen LogP contribution in [-0.2, 0) is 14.6 Å². The fourth-order valence-corrected chi connectivity index (χ4v) is 2.58. The number of hydrogen-bond donors (Lipinski definition) is 1. The van der Waals surface area contributed by atoms with Crippen LogP contribution >= 0.6 is 0 Å². The molecule has 19 heavy (non-hydrogen) atoms. The summed E-state index contributed by atoms with van der Waals surface area (Å²) in [5.41, 5.74) is 2.54. The second-order valence-corrected chi connectivity index (χ2v) is 6.93. The van der Waals surface area contributed by atoms with E-state index in [1.807, 2.05) is 32.0 Å². The average Bonchev–Trinajstić information content (AvgIpc) is 2.32. The van der Waals surface area contributed by atoms with Crippen LogP contribution < -0.4 is 5.32 Å². The minimum atomic E-state index is -3.48. The van der Waals surface area contributed by atoms with E-state index in [0.29, 0.717) is 5.69 Å². The van der Waals surface area contributed by atoms with E-state index in [1.54, 1.807) is 0 Å². The van der Waals surface area contributed by atoms with Gasteiger partial charge in [-0.2, -0.15) is 0 Å². The molecule has 1 aromatic rings. The third-order valence-electron chi connectivity index (χ3n) is 2.91. The van der Waals surface area contributed by atoms with Gasteiger partial charge in [0.1, 0.15) is 5.25 Å². The zero-order valence-corrected chi connectivity index (χ0v) is 12.3. The van der Waals surface area contributed by atoms with Gasteiger partial charge in [-0.3, -0.25) is 4.79 Å². The molecule has 0 fully saturated rings. The third-order valence-corrected chi connectivity index (χ3v) is 4.90. The number of carbonyl (C=O) groups excluding carboxylic acids is 1. The maximum Gasteiger partial charge on any atom is 0.242 e. The average molecular weight is 281 g/mol. The van der Waals surface area contributed by atoms with E-state index in [1.165, 1.54) is 13.0 Å². The molecule has 0 saturated carbocycles. The zero-order valence-electron chi connectivity index (χ0n) is 11.4. The maximum atomic E-state index is 12.0. The lowest BCUT2D eigenvalue weighted by atomic mass is 10.1. The Morgan fingerprint density at radius 1 is 1.42 bits per heavy atom. The highest BCUT2D eigenvalue weighted by Crippen LogP contribution is 2.17. The van der Waals surface area contributed by atoms with Crippen LogP contribution in [0, 0.1) is 13.8 Å². The Hall–Kier alpha value is -1.62. The number of amides is 1. The van der Waals surface area contributed by atoms with Gasteiger partial charge in [-0.15, -0.1) is 6.58 Å². The van der Waals surface area contributed by atoms with Crippen LogP contribution in [-0.4, -0.2) is 25.3 Å². The summed E-state index contributed by atoms with van der Waals surface area (Å²) in [6, 6.07) is 5.64. The van der Waals surface area contributed by atoms with Crippen LogP contribution in [0.5, 0.6) is 0 Å². The van der Waals surface area contributed by atoms with Gasteiger partial charge in [0.25, 0.3) is 0 Å². The van der Waals surface area contributed by atoms with Crippen molar-refractivity contribution in [2.45, 2.75) is 26.0 Å². The van der Waals surface area contributed by atoms with E-state index in [0.717, 1.165) is 11.1 Å². The molecule has 0 heterocycles. The normalized spacial score (nSPS) is 12.8.